The first-order valence-electron chi connectivity index (χ1n) is 7.51. The summed E-state index contributed by atoms with van der Waals surface area (Å²) in [6, 6.07) is 16.3. The van der Waals surface area contributed by atoms with E-state index in [1.54, 1.807) is 28.9 Å². The van der Waals surface area contributed by atoms with E-state index < -0.39 is 6.04 Å². The van der Waals surface area contributed by atoms with Crippen molar-refractivity contribution in [1.29, 1.82) is 0 Å². The van der Waals surface area contributed by atoms with E-state index in [1.165, 1.54) is 0 Å². The Kier molecular flexibility index (Phi) is 4.48. The molecule has 118 valence electrons. The number of piperazine rings is 1. The molecule has 0 saturated carbocycles. The van der Waals surface area contributed by atoms with Crippen LogP contribution in [0.3, 0.4) is 0 Å². The van der Waals surface area contributed by atoms with Crippen LogP contribution in [0.5, 0.6) is 0 Å². The summed E-state index contributed by atoms with van der Waals surface area (Å²) >= 11 is 3.39. The first kappa shape index (κ1) is 15.7. The summed E-state index contributed by atoms with van der Waals surface area (Å²) < 4.78 is 0.972. The molecule has 0 bridgehead atoms. The zero-order valence-corrected chi connectivity index (χ0v) is 14.4. The van der Waals surface area contributed by atoms with Crippen molar-refractivity contribution in [3.05, 3.63) is 64.6 Å². The number of carbonyl (C=O) groups excluding carboxylic acids is 2. The molecule has 23 heavy (non-hydrogen) atoms. The smallest absolute Gasteiger partial charge is 0.254 e. The van der Waals surface area contributed by atoms with Gasteiger partial charge in [0.15, 0.2) is 0 Å². The van der Waals surface area contributed by atoms with Crippen molar-refractivity contribution in [3.8, 4) is 0 Å². The summed E-state index contributed by atoms with van der Waals surface area (Å²) in [6.07, 6.45) is 0. The third kappa shape index (κ3) is 3.15. The topological polar surface area (TPSA) is 40.6 Å². The van der Waals surface area contributed by atoms with E-state index >= 15 is 0 Å². The van der Waals surface area contributed by atoms with Crippen LogP contribution in [-0.2, 0) is 4.79 Å². The Morgan fingerprint density at radius 1 is 1.04 bits per heavy atom. The fourth-order valence-corrected chi connectivity index (χ4v) is 3.04. The molecule has 3 rings (SSSR count). The lowest BCUT2D eigenvalue weighted by molar-refractivity contribution is -0.124. The fourth-order valence-electron chi connectivity index (χ4n) is 2.77. The third-order valence-corrected chi connectivity index (χ3v) is 4.60. The number of amides is 2. The van der Waals surface area contributed by atoms with Gasteiger partial charge < -0.3 is 9.80 Å². The van der Waals surface area contributed by atoms with E-state index in [4.69, 9.17) is 0 Å². The SMILES string of the molecule is C[C@@H]1C(=O)N(c2ccc(Br)cc2)CCN1C(=O)c1ccccc1. The number of benzene rings is 2. The highest BCUT2D eigenvalue weighted by atomic mass is 79.9. The van der Waals surface area contributed by atoms with Crippen molar-refractivity contribution in [2.75, 3.05) is 18.0 Å². The number of nitrogens with zero attached hydrogens (tertiary/aromatic N) is 2. The standard InChI is InChI=1S/C18H17BrN2O2/c1-13-17(22)21(16-9-7-15(19)8-10-16)12-11-20(13)18(23)14-5-3-2-4-6-14/h2-10,13H,11-12H2,1H3/t13-/m1/s1. The lowest BCUT2D eigenvalue weighted by atomic mass is 10.1. The van der Waals surface area contributed by atoms with Gasteiger partial charge in [-0.05, 0) is 43.3 Å². The van der Waals surface area contributed by atoms with Crippen LogP contribution in [0.4, 0.5) is 5.69 Å². The highest BCUT2D eigenvalue weighted by molar-refractivity contribution is 9.10. The molecule has 2 amide bonds. The van der Waals surface area contributed by atoms with Gasteiger partial charge in [0.1, 0.15) is 6.04 Å². The lowest BCUT2D eigenvalue weighted by Crippen LogP contribution is -2.57. The molecular formula is C18H17BrN2O2. The zero-order valence-electron chi connectivity index (χ0n) is 12.8. The maximum Gasteiger partial charge on any atom is 0.254 e. The molecule has 2 aromatic carbocycles. The second-order valence-electron chi connectivity index (χ2n) is 5.51. The lowest BCUT2D eigenvalue weighted by Gasteiger charge is -2.39. The first-order valence-corrected chi connectivity index (χ1v) is 8.30. The molecule has 0 radical (unpaired) electrons. The van der Waals surface area contributed by atoms with Gasteiger partial charge in [0.2, 0.25) is 5.91 Å². The number of hydrogen-bond donors (Lipinski definition) is 0. The van der Waals surface area contributed by atoms with Gasteiger partial charge in [-0.3, -0.25) is 9.59 Å². The van der Waals surface area contributed by atoms with Crippen molar-refractivity contribution in [2.24, 2.45) is 0 Å². The van der Waals surface area contributed by atoms with Crippen LogP contribution in [0.15, 0.2) is 59.1 Å². The van der Waals surface area contributed by atoms with E-state index in [9.17, 15) is 9.59 Å². The average Bonchev–Trinajstić information content (AvgIpc) is 2.58. The van der Waals surface area contributed by atoms with Crippen molar-refractivity contribution in [2.45, 2.75) is 13.0 Å². The molecule has 5 heteroatoms. The predicted octanol–water partition coefficient (Wildman–Crippen LogP) is 3.33. The van der Waals surface area contributed by atoms with Crippen molar-refractivity contribution in [1.82, 2.24) is 4.90 Å². The van der Waals surface area contributed by atoms with Gasteiger partial charge in [0.25, 0.3) is 5.91 Å². The second kappa shape index (κ2) is 6.54. The minimum Gasteiger partial charge on any atom is -0.325 e. The van der Waals surface area contributed by atoms with E-state index in [0.29, 0.717) is 18.7 Å². The molecule has 0 aromatic heterocycles. The summed E-state index contributed by atoms with van der Waals surface area (Å²) in [5, 5.41) is 0. The molecule has 0 aliphatic carbocycles. The van der Waals surface area contributed by atoms with Crippen molar-refractivity contribution < 1.29 is 9.59 Å². The van der Waals surface area contributed by atoms with E-state index in [1.807, 2.05) is 42.5 Å². The van der Waals surface area contributed by atoms with Gasteiger partial charge in [-0.1, -0.05) is 34.1 Å². The Balaban J connectivity index is 1.79. The summed E-state index contributed by atoms with van der Waals surface area (Å²) in [5.74, 6) is -0.148. The predicted molar refractivity (Wildman–Crippen MR) is 93.4 cm³/mol. The minimum atomic E-state index is -0.472. The van der Waals surface area contributed by atoms with Gasteiger partial charge in [0, 0.05) is 28.8 Å². The van der Waals surface area contributed by atoms with E-state index in [-0.39, 0.29) is 11.8 Å². The van der Waals surface area contributed by atoms with Gasteiger partial charge in [-0.15, -0.1) is 0 Å². The van der Waals surface area contributed by atoms with Crippen LogP contribution in [0.25, 0.3) is 0 Å². The summed E-state index contributed by atoms with van der Waals surface area (Å²) in [5.41, 5.74) is 1.47. The largest absolute Gasteiger partial charge is 0.325 e. The highest BCUT2D eigenvalue weighted by Gasteiger charge is 2.35. The summed E-state index contributed by atoms with van der Waals surface area (Å²) in [4.78, 5) is 28.7. The molecule has 1 aliphatic heterocycles. The number of rotatable bonds is 2. The van der Waals surface area contributed by atoms with Crippen molar-refractivity contribution >= 4 is 33.4 Å². The fraction of sp³-hybridized carbons (Fsp3) is 0.222. The van der Waals surface area contributed by atoms with Gasteiger partial charge in [0.05, 0.1) is 0 Å². The molecule has 0 unspecified atom stereocenters. The van der Waals surface area contributed by atoms with E-state index in [2.05, 4.69) is 15.9 Å². The molecule has 1 fully saturated rings. The Morgan fingerprint density at radius 2 is 1.70 bits per heavy atom. The molecule has 2 aromatic rings. The third-order valence-electron chi connectivity index (χ3n) is 4.08. The molecule has 0 spiro atoms. The van der Waals surface area contributed by atoms with Gasteiger partial charge >= 0.3 is 0 Å². The minimum absolute atomic E-state index is 0.0529. The van der Waals surface area contributed by atoms with Gasteiger partial charge in [-0.25, -0.2) is 0 Å². The molecule has 1 atom stereocenters. The van der Waals surface area contributed by atoms with Crippen LogP contribution in [-0.4, -0.2) is 35.8 Å². The Bertz CT molecular complexity index is 716. The number of carbonyl (C=O) groups is 2. The van der Waals surface area contributed by atoms with Gasteiger partial charge in [-0.2, -0.15) is 0 Å². The Hall–Kier alpha value is -2.14. The molecule has 1 saturated heterocycles. The first-order chi connectivity index (χ1) is 11.1. The summed E-state index contributed by atoms with van der Waals surface area (Å²) in [7, 11) is 0. The Labute approximate surface area is 143 Å². The highest BCUT2D eigenvalue weighted by Crippen LogP contribution is 2.23. The molecule has 1 heterocycles. The maximum absolute atomic E-state index is 12.7. The number of anilines is 1. The zero-order chi connectivity index (χ0) is 16.4. The average molecular weight is 373 g/mol. The van der Waals surface area contributed by atoms with Crippen molar-refractivity contribution in [3.63, 3.8) is 0 Å². The normalized spacial score (nSPS) is 18.2. The quantitative estimate of drug-likeness (QED) is 0.810. The molecule has 1 aliphatic rings. The van der Waals surface area contributed by atoms with Crippen LogP contribution in [0.2, 0.25) is 0 Å². The molecular weight excluding hydrogens is 356 g/mol. The number of hydrogen-bond acceptors (Lipinski definition) is 2. The van der Waals surface area contributed by atoms with Crippen LogP contribution in [0, 0.1) is 0 Å². The van der Waals surface area contributed by atoms with Crippen LogP contribution < -0.4 is 4.90 Å². The van der Waals surface area contributed by atoms with Crippen LogP contribution >= 0.6 is 15.9 Å². The molecule has 4 nitrogen and oxygen atoms in total. The van der Waals surface area contributed by atoms with E-state index in [0.717, 1.165) is 10.2 Å². The van der Waals surface area contributed by atoms with Crippen LogP contribution in [0.1, 0.15) is 17.3 Å². The molecule has 0 N–H and O–H groups in total. The summed E-state index contributed by atoms with van der Waals surface area (Å²) in [6.45, 7) is 2.81. The monoisotopic (exact) mass is 372 g/mol. The Morgan fingerprint density at radius 3 is 2.35 bits per heavy atom. The second-order valence-corrected chi connectivity index (χ2v) is 6.42. The number of halogens is 1. The maximum atomic E-state index is 12.7.